The van der Waals surface area contributed by atoms with Crippen LogP contribution in [0.5, 0.6) is 0 Å². The normalized spacial score (nSPS) is 13.8. The standard InChI is InChI=1S/C24H25N3O4S2/c28-22(26-16-18-6-2-1-3-7-18)10-13-25-24(29)23-21(12-15-32-23)33(30,31)27-14-11-19-8-4-5-9-20(19)17-27/h1-9,12,15H,10-11,13-14,16-17H2,(H,25,29)(H,26,28). The average molecular weight is 484 g/mol. The number of nitrogens with one attached hydrogen (secondary N) is 2. The Labute approximate surface area is 197 Å². The third-order valence-electron chi connectivity index (χ3n) is 5.52. The Morgan fingerprint density at radius 1 is 0.939 bits per heavy atom. The van der Waals surface area contributed by atoms with Gasteiger partial charge < -0.3 is 10.6 Å². The summed E-state index contributed by atoms with van der Waals surface area (Å²) in [5.41, 5.74) is 3.12. The summed E-state index contributed by atoms with van der Waals surface area (Å²) in [5, 5.41) is 7.08. The number of sulfonamides is 1. The van der Waals surface area contributed by atoms with Crippen LogP contribution in [0.1, 0.15) is 32.8 Å². The average Bonchev–Trinajstić information content (AvgIpc) is 3.34. The molecule has 0 aliphatic carbocycles. The van der Waals surface area contributed by atoms with Crippen LogP contribution in [0.2, 0.25) is 0 Å². The van der Waals surface area contributed by atoms with Crippen LogP contribution < -0.4 is 10.6 Å². The Hall–Kier alpha value is -3.01. The lowest BCUT2D eigenvalue weighted by Gasteiger charge is -2.28. The molecular formula is C24H25N3O4S2. The van der Waals surface area contributed by atoms with Gasteiger partial charge >= 0.3 is 0 Å². The van der Waals surface area contributed by atoms with Gasteiger partial charge in [-0.1, -0.05) is 54.6 Å². The van der Waals surface area contributed by atoms with Crippen LogP contribution in [0.25, 0.3) is 0 Å². The van der Waals surface area contributed by atoms with Crippen molar-refractivity contribution in [2.75, 3.05) is 13.1 Å². The van der Waals surface area contributed by atoms with E-state index in [9.17, 15) is 18.0 Å². The number of thiophene rings is 1. The van der Waals surface area contributed by atoms with Gasteiger partial charge in [-0.25, -0.2) is 8.42 Å². The molecule has 0 fully saturated rings. The second-order valence-electron chi connectivity index (χ2n) is 7.74. The molecule has 3 aromatic rings. The van der Waals surface area contributed by atoms with Crippen molar-refractivity contribution in [1.82, 2.24) is 14.9 Å². The second-order valence-corrected chi connectivity index (χ2v) is 10.6. The molecule has 0 saturated carbocycles. The van der Waals surface area contributed by atoms with E-state index in [1.54, 1.807) is 5.38 Å². The molecule has 4 rings (SSSR count). The SMILES string of the molecule is O=C(CCNC(=O)c1sccc1S(=O)(=O)N1CCc2ccccc2C1)NCc1ccccc1. The van der Waals surface area contributed by atoms with Gasteiger partial charge in [0.25, 0.3) is 5.91 Å². The van der Waals surface area contributed by atoms with Gasteiger partial charge in [-0.05, 0) is 34.6 Å². The molecule has 2 N–H and O–H groups in total. The minimum Gasteiger partial charge on any atom is -0.352 e. The first-order valence-electron chi connectivity index (χ1n) is 10.7. The van der Waals surface area contributed by atoms with Gasteiger partial charge in [0.1, 0.15) is 9.77 Å². The summed E-state index contributed by atoms with van der Waals surface area (Å²) in [4.78, 5) is 24.9. The van der Waals surface area contributed by atoms with Gasteiger partial charge in [0.05, 0.1) is 0 Å². The van der Waals surface area contributed by atoms with Gasteiger partial charge in [-0.2, -0.15) is 4.31 Å². The zero-order valence-corrected chi connectivity index (χ0v) is 19.6. The molecule has 0 atom stereocenters. The third-order valence-corrected chi connectivity index (χ3v) is 8.45. The topological polar surface area (TPSA) is 95.6 Å². The first-order chi connectivity index (χ1) is 15.9. The molecule has 0 bridgehead atoms. The maximum atomic E-state index is 13.3. The van der Waals surface area contributed by atoms with Crippen LogP contribution in [0.15, 0.2) is 70.9 Å². The molecule has 1 aliphatic heterocycles. The van der Waals surface area contributed by atoms with Crippen molar-refractivity contribution in [3.05, 3.63) is 87.6 Å². The molecule has 9 heteroatoms. The molecule has 7 nitrogen and oxygen atoms in total. The maximum absolute atomic E-state index is 13.3. The Morgan fingerprint density at radius 2 is 1.67 bits per heavy atom. The summed E-state index contributed by atoms with van der Waals surface area (Å²) in [5.74, 6) is -0.679. The van der Waals surface area contributed by atoms with E-state index in [4.69, 9.17) is 0 Å². The summed E-state index contributed by atoms with van der Waals surface area (Å²) >= 11 is 1.08. The van der Waals surface area contributed by atoms with Crippen molar-refractivity contribution >= 4 is 33.2 Å². The molecule has 172 valence electrons. The van der Waals surface area contributed by atoms with E-state index in [-0.39, 0.29) is 35.2 Å². The van der Waals surface area contributed by atoms with E-state index in [1.165, 1.54) is 10.4 Å². The number of rotatable bonds is 8. The van der Waals surface area contributed by atoms with Crippen molar-refractivity contribution < 1.29 is 18.0 Å². The Balaban J connectivity index is 1.34. The zero-order chi connectivity index (χ0) is 23.3. The summed E-state index contributed by atoms with van der Waals surface area (Å²) in [7, 11) is -3.81. The number of carbonyl (C=O) groups is 2. The smallest absolute Gasteiger partial charge is 0.262 e. The highest BCUT2D eigenvalue weighted by Crippen LogP contribution is 2.29. The summed E-state index contributed by atoms with van der Waals surface area (Å²) < 4.78 is 28.0. The molecule has 0 spiro atoms. The van der Waals surface area contributed by atoms with Crippen LogP contribution in [0, 0.1) is 0 Å². The molecular weight excluding hydrogens is 458 g/mol. The van der Waals surface area contributed by atoms with E-state index in [0.29, 0.717) is 19.5 Å². The van der Waals surface area contributed by atoms with Crippen molar-refractivity contribution in [3.63, 3.8) is 0 Å². The number of hydrogen-bond acceptors (Lipinski definition) is 5. The summed E-state index contributed by atoms with van der Waals surface area (Å²) in [6, 6.07) is 18.8. The van der Waals surface area contributed by atoms with Gasteiger partial charge in [0.15, 0.2) is 0 Å². The van der Waals surface area contributed by atoms with Gasteiger partial charge in [0.2, 0.25) is 15.9 Å². The third kappa shape index (κ3) is 5.50. The molecule has 0 unspecified atom stereocenters. The fourth-order valence-corrected chi connectivity index (χ4v) is 6.47. The number of nitrogens with zero attached hydrogens (tertiary/aromatic N) is 1. The highest BCUT2D eigenvalue weighted by molar-refractivity contribution is 7.89. The van der Waals surface area contributed by atoms with E-state index < -0.39 is 15.9 Å². The van der Waals surface area contributed by atoms with Crippen LogP contribution in [0.3, 0.4) is 0 Å². The summed E-state index contributed by atoms with van der Waals surface area (Å²) in [6.07, 6.45) is 0.744. The van der Waals surface area contributed by atoms with E-state index in [2.05, 4.69) is 10.6 Å². The highest BCUT2D eigenvalue weighted by atomic mass is 32.2. The van der Waals surface area contributed by atoms with Crippen LogP contribution in [-0.2, 0) is 34.3 Å². The fraction of sp³-hybridized carbons (Fsp3) is 0.250. The molecule has 1 aromatic heterocycles. The molecule has 0 radical (unpaired) electrons. The molecule has 2 aromatic carbocycles. The Kier molecular flexibility index (Phi) is 7.22. The molecule has 2 amide bonds. The van der Waals surface area contributed by atoms with Crippen LogP contribution >= 0.6 is 11.3 Å². The lowest BCUT2D eigenvalue weighted by atomic mass is 10.0. The van der Waals surface area contributed by atoms with Crippen LogP contribution in [0.4, 0.5) is 0 Å². The molecule has 33 heavy (non-hydrogen) atoms. The van der Waals surface area contributed by atoms with Gasteiger partial charge in [-0.15, -0.1) is 11.3 Å². The van der Waals surface area contributed by atoms with Crippen molar-refractivity contribution in [3.8, 4) is 0 Å². The van der Waals surface area contributed by atoms with E-state index in [0.717, 1.165) is 28.0 Å². The van der Waals surface area contributed by atoms with Crippen LogP contribution in [-0.4, -0.2) is 37.6 Å². The Bertz CT molecular complexity index is 1240. The van der Waals surface area contributed by atoms with Crippen molar-refractivity contribution in [2.24, 2.45) is 0 Å². The second kappa shape index (κ2) is 10.3. The maximum Gasteiger partial charge on any atom is 0.262 e. The lowest BCUT2D eigenvalue weighted by Crippen LogP contribution is -2.37. The lowest BCUT2D eigenvalue weighted by molar-refractivity contribution is -0.121. The quantitative estimate of drug-likeness (QED) is 0.515. The van der Waals surface area contributed by atoms with E-state index in [1.807, 2.05) is 54.6 Å². The predicted octanol–water partition coefficient (Wildman–Crippen LogP) is 2.93. The van der Waals surface area contributed by atoms with Crippen molar-refractivity contribution in [2.45, 2.75) is 30.8 Å². The predicted molar refractivity (Wildman–Crippen MR) is 127 cm³/mol. The fourth-order valence-electron chi connectivity index (χ4n) is 3.73. The number of benzene rings is 2. The minimum absolute atomic E-state index is 0.0120. The number of fused-ring (bicyclic) bond motifs is 1. The largest absolute Gasteiger partial charge is 0.352 e. The number of hydrogen-bond donors (Lipinski definition) is 2. The first kappa shape index (κ1) is 23.2. The molecule has 2 heterocycles. The summed E-state index contributed by atoms with van der Waals surface area (Å²) in [6.45, 7) is 1.20. The van der Waals surface area contributed by atoms with E-state index >= 15 is 0 Å². The van der Waals surface area contributed by atoms with Gasteiger partial charge in [0, 0.05) is 32.6 Å². The highest BCUT2D eigenvalue weighted by Gasteiger charge is 2.32. The molecule has 0 saturated heterocycles. The number of amides is 2. The Morgan fingerprint density at radius 3 is 2.45 bits per heavy atom. The number of carbonyl (C=O) groups excluding carboxylic acids is 2. The zero-order valence-electron chi connectivity index (χ0n) is 18.0. The minimum atomic E-state index is -3.81. The van der Waals surface area contributed by atoms with Crippen molar-refractivity contribution in [1.29, 1.82) is 0 Å². The first-order valence-corrected chi connectivity index (χ1v) is 13.0. The monoisotopic (exact) mass is 483 g/mol. The molecule has 1 aliphatic rings. The van der Waals surface area contributed by atoms with Gasteiger partial charge in [-0.3, -0.25) is 9.59 Å².